The summed E-state index contributed by atoms with van der Waals surface area (Å²) < 4.78 is 6.46. The van der Waals surface area contributed by atoms with E-state index in [2.05, 4.69) is 29.3 Å². The van der Waals surface area contributed by atoms with Gasteiger partial charge < -0.3 is 10.5 Å². The number of likely N-dealkylation sites (N-methyl/N-ethyl adjacent to an activating group) is 1. The lowest BCUT2D eigenvalue weighted by atomic mass is 9.79. The number of carbonyl (C=O) groups excluding carboxylic acids is 1. The summed E-state index contributed by atoms with van der Waals surface area (Å²) in [5.41, 5.74) is 5.22. The molecule has 1 heterocycles. The fourth-order valence-electron chi connectivity index (χ4n) is 5.69. The molecule has 5 nitrogen and oxygen atoms in total. The second-order valence-corrected chi connectivity index (χ2v) is 9.24. The Kier molecular flexibility index (Phi) is 5.91. The first kappa shape index (κ1) is 19.7. The third-order valence-corrected chi connectivity index (χ3v) is 7.31. The molecule has 5 heteroatoms. The van der Waals surface area contributed by atoms with Crippen molar-refractivity contribution >= 4 is 11.9 Å². The minimum Gasteiger partial charge on any atom is -0.370 e. The monoisotopic (exact) mass is 385 g/mol. The Morgan fingerprint density at radius 3 is 2.46 bits per heavy atom. The highest BCUT2D eigenvalue weighted by Gasteiger charge is 2.48. The van der Waals surface area contributed by atoms with Crippen LogP contribution in [-0.2, 0) is 9.53 Å². The molecular formula is C23H35N3O2. The second-order valence-electron chi connectivity index (χ2n) is 9.24. The van der Waals surface area contributed by atoms with E-state index in [1.807, 2.05) is 0 Å². The predicted octanol–water partition coefficient (Wildman–Crippen LogP) is 3.80. The van der Waals surface area contributed by atoms with Gasteiger partial charge in [-0.25, -0.2) is 4.99 Å². The van der Waals surface area contributed by atoms with Crippen LogP contribution in [-0.4, -0.2) is 42.1 Å². The molecule has 2 saturated carbocycles. The van der Waals surface area contributed by atoms with Crippen molar-refractivity contribution in [3.8, 4) is 0 Å². The highest BCUT2D eigenvalue weighted by molar-refractivity contribution is 6.06. The molecule has 1 aliphatic heterocycles. The number of allylic oxidation sites excluding steroid dienone is 2. The maximum atomic E-state index is 13.1. The molecule has 3 unspecified atom stereocenters. The number of guanidine groups is 1. The number of aliphatic imine (C=N–C) groups is 1. The highest BCUT2D eigenvalue weighted by atomic mass is 16.5. The van der Waals surface area contributed by atoms with Crippen molar-refractivity contribution in [1.29, 1.82) is 0 Å². The van der Waals surface area contributed by atoms with Gasteiger partial charge in [-0.15, -0.1) is 0 Å². The van der Waals surface area contributed by atoms with Crippen molar-refractivity contribution in [3.05, 3.63) is 24.3 Å². The second kappa shape index (κ2) is 8.40. The number of ether oxygens (including phenoxy) is 1. The van der Waals surface area contributed by atoms with Gasteiger partial charge in [0.25, 0.3) is 5.91 Å². The van der Waals surface area contributed by atoms with E-state index in [0.717, 1.165) is 6.42 Å². The summed E-state index contributed by atoms with van der Waals surface area (Å²) in [4.78, 5) is 19.3. The zero-order valence-electron chi connectivity index (χ0n) is 17.2. The number of amides is 1. The van der Waals surface area contributed by atoms with E-state index in [0.29, 0.717) is 30.3 Å². The Balaban J connectivity index is 1.48. The van der Waals surface area contributed by atoms with Crippen molar-refractivity contribution in [1.82, 2.24) is 4.90 Å². The lowest BCUT2D eigenvalue weighted by Gasteiger charge is -2.34. The Morgan fingerprint density at radius 1 is 1.11 bits per heavy atom. The van der Waals surface area contributed by atoms with E-state index < -0.39 is 5.54 Å². The summed E-state index contributed by atoms with van der Waals surface area (Å²) in [6.45, 7) is 0.333. The molecule has 0 bridgehead atoms. The lowest BCUT2D eigenvalue weighted by molar-refractivity contribution is -0.134. The number of hydrogen-bond acceptors (Lipinski definition) is 4. The topological polar surface area (TPSA) is 67.9 Å². The highest BCUT2D eigenvalue weighted by Crippen LogP contribution is 2.39. The summed E-state index contributed by atoms with van der Waals surface area (Å²) in [5, 5.41) is 0. The number of hydrogen-bond donors (Lipinski definition) is 1. The van der Waals surface area contributed by atoms with E-state index in [1.54, 1.807) is 7.05 Å². The number of rotatable bonds is 6. The van der Waals surface area contributed by atoms with Crippen LogP contribution in [0, 0.1) is 17.8 Å². The van der Waals surface area contributed by atoms with E-state index in [1.165, 1.54) is 62.7 Å². The van der Waals surface area contributed by atoms with Crippen molar-refractivity contribution < 1.29 is 9.53 Å². The normalized spacial score (nSPS) is 34.4. The molecule has 4 aliphatic rings. The molecule has 2 fully saturated rings. The van der Waals surface area contributed by atoms with Gasteiger partial charge in [-0.05, 0) is 31.1 Å². The molecule has 3 aliphatic carbocycles. The van der Waals surface area contributed by atoms with Gasteiger partial charge >= 0.3 is 0 Å². The molecule has 3 atom stereocenters. The number of nitrogens with two attached hydrogens (primary N) is 1. The molecule has 4 rings (SSSR count). The molecule has 0 spiro atoms. The van der Waals surface area contributed by atoms with Gasteiger partial charge in [0, 0.05) is 13.0 Å². The first-order valence-corrected chi connectivity index (χ1v) is 11.2. The molecule has 28 heavy (non-hydrogen) atoms. The molecule has 0 aromatic heterocycles. The molecule has 2 N–H and O–H groups in total. The molecule has 0 aromatic rings. The van der Waals surface area contributed by atoms with Crippen LogP contribution in [0.1, 0.15) is 64.2 Å². The van der Waals surface area contributed by atoms with Crippen LogP contribution in [0.25, 0.3) is 0 Å². The summed E-state index contributed by atoms with van der Waals surface area (Å²) in [6, 6.07) is 0. The minimum absolute atomic E-state index is 0.00307. The number of carbonyl (C=O) groups is 1. The lowest BCUT2D eigenvalue weighted by Crippen LogP contribution is -2.47. The van der Waals surface area contributed by atoms with Crippen LogP contribution in [0.4, 0.5) is 0 Å². The van der Waals surface area contributed by atoms with Crippen LogP contribution in [0.5, 0.6) is 0 Å². The minimum atomic E-state index is -0.837. The fourth-order valence-corrected chi connectivity index (χ4v) is 5.69. The summed E-state index contributed by atoms with van der Waals surface area (Å²) in [7, 11) is 1.73. The van der Waals surface area contributed by atoms with E-state index in [4.69, 9.17) is 10.5 Å². The molecule has 0 saturated heterocycles. The van der Waals surface area contributed by atoms with Gasteiger partial charge in [0.1, 0.15) is 0 Å². The Hall–Kier alpha value is -1.62. The van der Waals surface area contributed by atoms with E-state index >= 15 is 0 Å². The van der Waals surface area contributed by atoms with Gasteiger partial charge in [0.15, 0.2) is 11.5 Å². The fraction of sp³-hybridized carbons (Fsp3) is 0.739. The molecule has 0 radical (unpaired) electrons. The smallest absolute Gasteiger partial charge is 0.259 e. The summed E-state index contributed by atoms with van der Waals surface area (Å²) in [5.74, 6) is 1.97. The third kappa shape index (κ3) is 3.91. The molecule has 0 aromatic carbocycles. The number of nitrogens with zero attached hydrogens (tertiary/aromatic N) is 2. The molecular weight excluding hydrogens is 350 g/mol. The van der Waals surface area contributed by atoms with E-state index in [-0.39, 0.29) is 12.0 Å². The van der Waals surface area contributed by atoms with Crippen LogP contribution in [0.15, 0.2) is 29.3 Å². The summed E-state index contributed by atoms with van der Waals surface area (Å²) >= 11 is 0. The SMILES string of the molecule is CN1C(=O)C(COC2C=CC=CC2C2CCCC2)(CC2CCCCC2)N=C1N. The standard InChI is InChI=1S/C23H35N3O2/c1-26-21(27)23(25-22(26)24,15-17-9-3-2-4-10-17)16-28-20-14-8-7-13-19(20)18-11-5-6-12-18/h7-8,13-14,17-20H,2-6,9-12,15-16H2,1H3,(H2,24,25). The van der Waals surface area contributed by atoms with Crippen LogP contribution < -0.4 is 5.73 Å². The molecule has 154 valence electrons. The Bertz CT molecular complexity index is 659. The van der Waals surface area contributed by atoms with Crippen LogP contribution in [0.3, 0.4) is 0 Å². The summed E-state index contributed by atoms with van der Waals surface area (Å²) in [6.07, 6.45) is 20.9. The van der Waals surface area contributed by atoms with Gasteiger partial charge in [0.05, 0.1) is 12.7 Å². The van der Waals surface area contributed by atoms with Crippen molar-refractivity contribution in [2.75, 3.05) is 13.7 Å². The maximum absolute atomic E-state index is 13.1. The molecule has 1 amide bonds. The maximum Gasteiger partial charge on any atom is 0.259 e. The van der Waals surface area contributed by atoms with Crippen LogP contribution in [0.2, 0.25) is 0 Å². The third-order valence-electron chi connectivity index (χ3n) is 7.31. The van der Waals surface area contributed by atoms with Crippen molar-refractivity contribution in [2.24, 2.45) is 28.5 Å². The van der Waals surface area contributed by atoms with Crippen molar-refractivity contribution in [2.45, 2.75) is 75.9 Å². The average molecular weight is 386 g/mol. The first-order chi connectivity index (χ1) is 13.6. The van der Waals surface area contributed by atoms with Crippen molar-refractivity contribution in [3.63, 3.8) is 0 Å². The largest absolute Gasteiger partial charge is 0.370 e. The van der Waals surface area contributed by atoms with Gasteiger partial charge in [-0.1, -0.05) is 69.2 Å². The zero-order chi connectivity index (χ0) is 19.6. The predicted molar refractivity (Wildman–Crippen MR) is 112 cm³/mol. The van der Waals surface area contributed by atoms with Gasteiger partial charge in [-0.2, -0.15) is 0 Å². The Morgan fingerprint density at radius 2 is 1.79 bits per heavy atom. The Labute approximate surface area is 169 Å². The average Bonchev–Trinajstić information content (AvgIpc) is 3.32. The first-order valence-electron chi connectivity index (χ1n) is 11.2. The zero-order valence-corrected chi connectivity index (χ0v) is 17.2. The van der Waals surface area contributed by atoms with Gasteiger partial charge in [-0.3, -0.25) is 9.69 Å². The van der Waals surface area contributed by atoms with Gasteiger partial charge in [0.2, 0.25) is 0 Å². The van der Waals surface area contributed by atoms with E-state index in [9.17, 15) is 4.79 Å². The quantitative estimate of drug-likeness (QED) is 0.756. The van der Waals surface area contributed by atoms with Crippen LogP contribution >= 0.6 is 0 Å².